The molecule has 1 aliphatic heterocycles. The van der Waals surface area contributed by atoms with Crippen molar-refractivity contribution >= 4 is 17.4 Å². The molecule has 0 spiro atoms. The van der Waals surface area contributed by atoms with E-state index in [2.05, 4.69) is 5.32 Å². The summed E-state index contributed by atoms with van der Waals surface area (Å²) >= 11 is 0. The number of amides is 1. The fourth-order valence-electron chi connectivity index (χ4n) is 4.15. The summed E-state index contributed by atoms with van der Waals surface area (Å²) in [6.07, 6.45) is -4.39. The highest BCUT2D eigenvalue weighted by Crippen LogP contribution is 2.58. The van der Waals surface area contributed by atoms with E-state index in [1.165, 1.54) is 18.2 Å². The van der Waals surface area contributed by atoms with Crippen LogP contribution in [0.25, 0.3) is 0 Å². The van der Waals surface area contributed by atoms with Crippen molar-refractivity contribution in [2.24, 2.45) is 0 Å². The summed E-state index contributed by atoms with van der Waals surface area (Å²) in [5, 5.41) is 13.8. The zero-order valence-corrected chi connectivity index (χ0v) is 14.1. The molecule has 0 bridgehead atoms. The van der Waals surface area contributed by atoms with Crippen molar-refractivity contribution in [2.45, 2.75) is 37.3 Å². The number of rotatable bonds is 1. The number of carbonyl (C=O) groups is 2. The number of nitrogens with two attached hydrogens (primary N) is 1. The van der Waals surface area contributed by atoms with Crippen LogP contribution in [0.5, 0.6) is 0 Å². The van der Waals surface area contributed by atoms with Gasteiger partial charge in [0.05, 0.1) is 5.56 Å². The van der Waals surface area contributed by atoms with E-state index in [1.807, 2.05) is 0 Å². The van der Waals surface area contributed by atoms with Crippen LogP contribution in [-0.4, -0.2) is 28.5 Å². The van der Waals surface area contributed by atoms with Crippen LogP contribution in [0.1, 0.15) is 35.7 Å². The van der Waals surface area contributed by atoms with Gasteiger partial charge in [-0.05, 0) is 25.0 Å². The van der Waals surface area contributed by atoms with E-state index < -0.39 is 41.2 Å². The Bertz CT molecular complexity index is 966. The van der Waals surface area contributed by atoms with Gasteiger partial charge in [0.2, 0.25) is 11.7 Å². The highest BCUT2D eigenvalue weighted by atomic mass is 19.4. The lowest BCUT2D eigenvalue weighted by Gasteiger charge is -2.36. The first-order chi connectivity index (χ1) is 12.5. The summed E-state index contributed by atoms with van der Waals surface area (Å²) in [6.45, 7) is 1.15. The summed E-state index contributed by atoms with van der Waals surface area (Å²) in [6, 6.07) is 4.35. The molecule has 1 amide bonds. The number of benzene rings is 1. The lowest BCUT2D eigenvalue weighted by molar-refractivity contribution is -0.194. The van der Waals surface area contributed by atoms with Crippen molar-refractivity contribution in [3.8, 4) is 0 Å². The fraction of sp³-hybridized carbons (Fsp3) is 0.333. The minimum Gasteiger partial charge on any atom is -0.455 e. The molecule has 27 heavy (non-hydrogen) atoms. The Balaban J connectivity index is 1.97. The van der Waals surface area contributed by atoms with Gasteiger partial charge in [0, 0.05) is 29.3 Å². The standard InChI is InChI=1S/C18H15F3N2O4/c1-8(24)23-16-10-6-5-9(18(19,20)21)7-13(10)27-17(16,26)11-3-2-4-12(22)14(11)15(16)25/h2-4,7,26H,5-6,22H2,1H3,(H,23,24)/t16-,17-/m0/s1. The second-order valence-electron chi connectivity index (χ2n) is 6.79. The van der Waals surface area contributed by atoms with E-state index in [0.29, 0.717) is 0 Å². The first-order valence-corrected chi connectivity index (χ1v) is 8.17. The predicted molar refractivity (Wildman–Crippen MR) is 87.1 cm³/mol. The monoisotopic (exact) mass is 380 g/mol. The van der Waals surface area contributed by atoms with Crippen LogP contribution in [0.15, 0.2) is 41.2 Å². The average Bonchev–Trinajstić information content (AvgIpc) is 2.91. The van der Waals surface area contributed by atoms with Gasteiger partial charge in [0.15, 0.2) is 5.54 Å². The molecule has 0 unspecified atom stereocenters. The number of hydrogen-bond donors (Lipinski definition) is 3. The molecule has 0 aromatic heterocycles. The van der Waals surface area contributed by atoms with Crippen LogP contribution in [0.2, 0.25) is 0 Å². The van der Waals surface area contributed by atoms with Gasteiger partial charge in [-0.3, -0.25) is 9.59 Å². The Labute approximate surface area is 151 Å². The third-order valence-corrected chi connectivity index (χ3v) is 5.22. The molecule has 0 radical (unpaired) electrons. The largest absolute Gasteiger partial charge is 0.455 e. The normalized spacial score (nSPS) is 28.9. The van der Waals surface area contributed by atoms with E-state index in [9.17, 15) is 27.9 Å². The third-order valence-electron chi connectivity index (χ3n) is 5.22. The second-order valence-corrected chi connectivity index (χ2v) is 6.79. The van der Waals surface area contributed by atoms with Gasteiger partial charge in [-0.2, -0.15) is 13.2 Å². The predicted octanol–water partition coefficient (Wildman–Crippen LogP) is 2.05. The molecule has 9 heteroatoms. The van der Waals surface area contributed by atoms with Crippen LogP contribution in [-0.2, 0) is 15.3 Å². The molecule has 0 saturated heterocycles. The van der Waals surface area contributed by atoms with Crippen molar-refractivity contribution in [3.05, 3.63) is 52.3 Å². The number of alkyl halides is 3. The number of allylic oxidation sites excluding steroid dienone is 2. The average molecular weight is 380 g/mol. The summed E-state index contributed by atoms with van der Waals surface area (Å²) in [5.74, 6) is -3.98. The van der Waals surface area contributed by atoms with Gasteiger partial charge in [-0.1, -0.05) is 12.1 Å². The molecule has 142 valence electrons. The second kappa shape index (κ2) is 5.13. The number of fused-ring (bicyclic) bond motifs is 4. The highest BCUT2D eigenvalue weighted by molar-refractivity contribution is 6.16. The zero-order chi connectivity index (χ0) is 19.8. The number of Topliss-reactive ketones (excluding diaryl/α,β-unsaturated/α-hetero) is 1. The fourth-order valence-corrected chi connectivity index (χ4v) is 4.15. The van der Waals surface area contributed by atoms with Gasteiger partial charge in [-0.25, -0.2) is 0 Å². The first-order valence-electron chi connectivity index (χ1n) is 8.17. The molecule has 3 aliphatic rings. The van der Waals surface area contributed by atoms with Crippen molar-refractivity contribution in [1.29, 1.82) is 0 Å². The van der Waals surface area contributed by atoms with Crippen molar-refractivity contribution in [1.82, 2.24) is 5.32 Å². The molecule has 1 aromatic carbocycles. The smallest absolute Gasteiger partial charge is 0.412 e. The maximum absolute atomic E-state index is 13.3. The number of nitrogen functional groups attached to an aromatic ring is 1. The highest BCUT2D eigenvalue weighted by Gasteiger charge is 2.72. The van der Waals surface area contributed by atoms with Crippen molar-refractivity contribution in [3.63, 3.8) is 0 Å². The SMILES string of the molecule is CC(=O)N[C@@]12C(=O)c3c(N)cccc3[C@]1(O)OC1=C2CCC(C(F)(F)F)=C1. The zero-order valence-electron chi connectivity index (χ0n) is 14.1. The van der Waals surface area contributed by atoms with Gasteiger partial charge < -0.3 is 20.9 Å². The van der Waals surface area contributed by atoms with Crippen LogP contribution in [0.3, 0.4) is 0 Å². The molecule has 2 aliphatic carbocycles. The van der Waals surface area contributed by atoms with Gasteiger partial charge in [0.1, 0.15) is 5.76 Å². The molecule has 0 saturated carbocycles. The Hall–Kier alpha value is -2.81. The molecular formula is C18H15F3N2O4. The minimum atomic E-state index is -4.56. The Morgan fingerprint density at radius 2 is 2.04 bits per heavy atom. The Kier molecular flexibility index (Phi) is 3.34. The van der Waals surface area contributed by atoms with Gasteiger partial charge in [0.25, 0.3) is 5.79 Å². The summed E-state index contributed by atoms with van der Waals surface area (Å²) in [4.78, 5) is 25.2. The number of aliphatic hydroxyl groups is 1. The minimum absolute atomic E-state index is 0.00843. The van der Waals surface area contributed by atoms with E-state index >= 15 is 0 Å². The molecule has 4 rings (SSSR count). The summed E-state index contributed by atoms with van der Waals surface area (Å²) in [5.41, 5.74) is 3.20. The van der Waals surface area contributed by atoms with E-state index in [4.69, 9.17) is 10.5 Å². The number of nitrogens with one attached hydrogen (secondary N) is 1. The number of ether oxygens (including phenoxy) is 1. The number of anilines is 1. The van der Waals surface area contributed by atoms with E-state index in [0.717, 1.165) is 13.0 Å². The molecule has 4 N–H and O–H groups in total. The molecule has 2 atom stereocenters. The van der Waals surface area contributed by atoms with Crippen LogP contribution in [0, 0.1) is 0 Å². The topological polar surface area (TPSA) is 102 Å². The first kappa shape index (κ1) is 17.6. The van der Waals surface area contributed by atoms with E-state index in [1.54, 1.807) is 0 Å². The molecule has 0 fully saturated rings. The summed E-state index contributed by atoms with van der Waals surface area (Å²) < 4.78 is 44.8. The molecule has 1 heterocycles. The molecule has 6 nitrogen and oxygen atoms in total. The van der Waals surface area contributed by atoms with Crippen molar-refractivity contribution < 1.29 is 32.6 Å². The number of ketones is 1. The van der Waals surface area contributed by atoms with Crippen molar-refractivity contribution in [2.75, 3.05) is 5.73 Å². The Morgan fingerprint density at radius 1 is 1.33 bits per heavy atom. The maximum atomic E-state index is 13.3. The number of hydrogen-bond acceptors (Lipinski definition) is 5. The van der Waals surface area contributed by atoms with Gasteiger partial charge in [-0.15, -0.1) is 0 Å². The lowest BCUT2D eigenvalue weighted by Crippen LogP contribution is -2.62. The van der Waals surface area contributed by atoms with Gasteiger partial charge >= 0.3 is 6.18 Å². The number of halogens is 3. The molecular weight excluding hydrogens is 365 g/mol. The number of carbonyl (C=O) groups excluding carboxylic acids is 2. The molecule has 1 aromatic rings. The van der Waals surface area contributed by atoms with Crippen LogP contribution in [0.4, 0.5) is 18.9 Å². The quantitative estimate of drug-likeness (QED) is 0.648. The lowest BCUT2D eigenvalue weighted by atomic mass is 9.78. The van der Waals surface area contributed by atoms with Crippen LogP contribution < -0.4 is 11.1 Å². The van der Waals surface area contributed by atoms with E-state index in [-0.39, 0.29) is 34.6 Å². The summed E-state index contributed by atoms with van der Waals surface area (Å²) in [7, 11) is 0. The third kappa shape index (κ3) is 2.05. The maximum Gasteiger partial charge on any atom is 0.412 e. The Morgan fingerprint density at radius 3 is 2.67 bits per heavy atom. The van der Waals surface area contributed by atoms with Crippen LogP contribution >= 0.6 is 0 Å².